The first-order valence-corrected chi connectivity index (χ1v) is 4.53. The third-order valence-corrected chi connectivity index (χ3v) is 1.81. The largest absolute Gasteiger partial charge is 0.335 e. The van der Waals surface area contributed by atoms with Crippen LogP contribution >= 0.6 is 12.6 Å². The maximum absolute atomic E-state index is 4.28. The minimum atomic E-state index is 0.418. The van der Waals surface area contributed by atoms with Gasteiger partial charge in [-0.2, -0.15) is 12.6 Å². The van der Waals surface area contributed by atoms with E-state index in [1.165, 1.54) is 0 Å². The standard InChI is InChI=1S/C9H14N2S/c1-8(12)4-3-5-9-10-6-7-11(9)2/h3,5-8,12H,4H2,1-2H3/b5-3+. The number of aromatic nitrogens is 2. The molecule has 1 aromatic heterocycles. The van der Waals surface area contributed by atoms with Crippen molar-refractivity contribution >= 4 is 18.7 Å². The number of nitrogens with zero attached hydrogens (tertiary/aromatic N) is 2. The molecule has 0 N–H and O–H groups in total. The minimum absolute atomic E-state index is 0.418. The van der Waals surface area contributed by atoms with E-state index in [9.17, 15) is 0 Å². The second-order valence-electron chi connectivity index (χ2n) is 2.88. The van der Waals surface area contributed by atoms with Crippen molar-refractivity contribution in [1.29, 1.82) is 0 Å². The summed E-state index contributed by atoms with van der Waals surface area (Å²) >= 11 is 4.28. The first kappa shape index (κ1) is 9.39. The highest BCUT2D eigenvalue weighted by atomic mass is 32.1. The van der Waals surface area contributed by atoms with E-state index in [-0.39, 0.29) is 0 Å². The van der Waals surface area contributed by atoms with Gasteiger partial charge in [-0.05, 0) is 12.5 Å². The molecule has 1 aromatic rings. The van der Waals surface area contributed by atoms with Crippen LogP contribution in [0.3, 0.4) is 0 Å². The second kappa shape index (κ2) is 4.36. The van der Waals surface area contributed by atoms with Gasteiger partial charge in [-0.3, -0.25) is 0 Å². The lowest BCUT2D eigenvalue weighted by Crippen LogP contribution is -1.90. The predicted molar refractivity (Wildman–Crippen MR) is 55.3 cm³/mol. The molecule has 1 heterocycles. The molecule has 0 aliphatic heterocycles. The zero-order chi connectivity index (χ0) is 8.97. The van der Waals surface area contributed by atoms with Crippen molar-refractivity contribution < 1.29 is 0 Å². The molecule has 3 heteroatoms. The number of aryl methyl sites for hydroxylation is 1. The van der Waals surface area contributed by atoms with Crippen LogP contribution in [0.4, 0.5) is 0 Å². The molecule has 0 aliphatic carbocycles. The molecular weight excluding hydrogens is 168 g/mol. The van der Waals surface area contributed by atoms with Gasteiger partial charge in [-0.15, -0.1) is 0 Å². The van der Waals surface area contributed by atoms with Crippen LogP contribution in [0.15, 0.2) is 18.5 Å². The Morgan fingerprint density at radius 2 is 2.50 bits per heavy atom. The van der Waals surface area contributed by atoms with Crippen LogP contribution in [0.25, 0.3) is 6.08 Å². The summed E-state index contributed by atoms with van der Waals surface area (Å²) in [6.07, 6.45) is 8.83. The van der Waals surface area contributed by atoms with E-state index in [0.717, 1.165) is 12.2 Å². The first-order valence-electron chi connectivity index (χ1n) is 4.02. The number of thiol groups is 1. The van der Waals surface area contributed by atoms with Gasteiger partial charge >= 0.3 is 0 Å². The summed E-state index contributed by atoms with van der Waals surface area (Å²) in [5.41, 5.74) is 0. The van der Waals surface area contributed by atoms with Gasteiger partial charge in [0.05, 0.1) is 0 Å². The number of hydrogen-bond donors (Lipinski definition) is 1. The predicted octanol–water partition coefficient (Wildman–Crippen LogP) is 2.14. The lowest BCUT2D eigenvalue weighted by atomic mass is 10.3. The zero-order valence-electron chi connectivity index (χ0n) is 7.44. The molecule has 0 saturated heterocycles. The Bertz CT molecular complexity index is 263. The van der Waals surface area contributed by atoms with E-state index >= 15 is 0 Å². The molecule has 12 heavy (non-hydrogen) atoms. The highest BCUT2D eigenvalue weighted by Crippen LogP contribution is 2.03. The molecule has 1 unspecified atom stereocenters. The van der Waals surface area contributed by atoms with Gasteiger partial charge in [0.15, 0.2) is 0 Å². The maximum Gasteiger partial charge on any atom is 0.131 e. The number of rotatable bonds is 3. The molecule has 0 saturated carbocycles. The molecule has 0 spiro atoms. The summed E-state index contributed by atoms with van der Waals surface area (Å²) in [6, 6.07) is 0. The summed E-state index contributed by atoms with van der Waals surface area (Å²) in [7, 11) is 1.98. The normalized spacial score (nSPS) is 13.9. The minimum Gasteiger partial charge on any atom is -0.335 e. The molecule has 1 rings (SSSR count). The zero-order valence-corrected chi connectivity index (χ0v) is 8.33. The SMILES string of the molecule is CC(S)C/C=C/c1nccn1C. The fraction of sp³-hybridized carbons (Fsp3) is 0.444. The molecule has 0 radical (unpaired) electrons. The van der Waals surface area contributed by atoms with Crippen molar-refractivity contribution in [2.75, 3.05) is 0 Å². The van der Waals surface area contributed by atoms with Crippen molar-refractivity contribution in [1.82, 2.24) is 9.55 Å². The van der Waals surface area contributed by atoms with Gasteiger partial charge in [0.25, 0.3) is 0 Å². The topological polar surface area (TPSA) is 17.8 Å². The van der Waals surface area contributed by atoms with Crippen LogP contribution in [-0.4, -0.2) is 14.8 Å². The summed E-state index contributed by atoms with van der Waals surface area (Å²) in [5.74, 6) is 0.990. The van der Waals surface area contributed by atoms with Crippen LogP contribution in [-0.2, 0) is 7.05 Å². The Kier molecular flexibility index (Phi) is 3.41. The van der Waals surface area contributed by atoms with Crippen molar-refractivity contribution in [2.24, 2.45) is 7.05 Å². The smallest absolute Gasteiger partial charge is 0.131 e. The number of imidazole rings is 1. The van der Waals surface area contributed by atoms with Crippen LogP contribution in [0.2, 0.25) is 0 Å². The average molecular weight is 182 g/mol. The Labute approximate surface area is 78.7 Å². The van der Waals surface area contributed by atoms with Crippen LogP contribution in [0.5, 0.6) is 0 Å². The van der Waals surface area contributed by atoms with Gasteiger partial charge < -0.3 is 4.57 Å². The Morgan fingerprint density at radius 1 is 1.75 bits per heavy atom. The van der Waals surface area contributed by atoms with Gasteiger partial charge in [0, 0.05) is 24.7 Å². The number of hydrogen-bond acceptors (Lipinski definition) is 2. The van der Waals surface area contributed by atoms with E-state index < -0.39 is 0 Å². The lowest BCUT2D eigenvalue weighted by molar-refractivity contribution is 0.895. The van der Waals surface area contributed by atoms with E-state index in [1.54, 1.807) is 6.20 Å². The fourth-order valence-electron chi connectivity index (χ4n) is 0.908. The fourth-order valence-corrected chi connectivity index (χ4v) is 1.03. The first-order chi connectivity index (χ1) is 5.70. The van der Waals surface area contributed by atoms with E-state index in [2.05, 4.69) is 30.6 Å². The Hall–Kier alpha value is -0.700. The lowest BCUT2D eigenvalue weighted by Gasteiger charge is -1.96. The molecule has 2 nitrogen and oxygen atoms in total. The van der Waals surface area contributed by atoms with Crippen molar-refractivity contribution in [3.8, 4) is 0 Å². The molecule has 0 bridgehead atoms. The van der Waals surface area contributed by atoms with E-state index in [1.807, 2.05) is 23.9 Å². The van der Waals surface area contributed by atoms with Crippen molar-refractivity contribution in [3.05, 3.63) is 24.3 Å². The number of allylic oxidation sites excluding steroid dienone is 1. The molecule has 0 aromatic carbocycles. The van der Waals surface area contributed by atoms with Crippen LogP contribution in [0, 0.1) is 0 Å². The van der Waals surface area contributed by atoms with Crippen molar-refractivity contribution in [3.63, 3.8) is 0 Å². The maximum atomic E-state index is 4.28. The molecule has 0 fully saturated rings. The van der Waals surface area contributed by atoms with Gasteiger partial charge in [0.2, 0.25) is 0 Å². The Morgan fingerprint density at radius 3 is 3.00 bits per heavy atom. The molecular formula is C9H14N2S. The average Bonchev–Trinajstić information content (AvgIpc) is 2.36. The third-order valence-electron chi connectivity index (χ3n) is 1.60. The summed E-state index contributed by atoms with van der Waals surface area (Å²) < 4.78 is 1.99. The monoisotopic (exact) mass is 182 g/mol. The highest BCUT2D eigenvalue weighted by Gasteiger charge is 1.92. The summed E-state index contributed by atoms with van der Waals surface area (Å²) in [5, 5.41) is 0.418. The molecule has 66 valence electrons. The van der Waals surface area contributed by atoms with Gasteiger partial charge in [-0.1, -0.05) is 13.0 Å². The summed E-state index contributed by atoms with van der Waals surface area (Å²) in [4.78, 5) is 4.16. The third kappa shape index (κ3) is 2.74. The van der Waals surface area contributed by atoms with E-state index in [4.69, 9.17) is 0 Å². The molecule has 0 amide bonds. The van der Waals surface area contributed by atoms with Crippen LogP contribution < -0.4 is 0 Å². The molecule has 1 atom stereocenters. The van der Waals surface area contributed by atoms with E-state index in [0.29, 0.717) is 5.25 Å². The van der Waals surface area contributed by atoms with Gasteiger partial charge in [-0.25, -0.2) is 4.98 Å². The van der Waals surface area contributed by atoms with Gasteiger partial charge in [0.1, 0.15) is 5.82 Å². The Balaban J connectivity index is 2.52. The quantitative estimate of drug-likeness (QED) is 0.709. The molecule has 0 aliphatic rings. The van der Waals surface area contributed by atoms with Crippen LogP contribution in [0.1, 0.15) is 19.2 Å². The second-order valence-corrected chi connectivity index (χ2v) is 3.76. The van der Waals surface area contributed by atoms with Crippen molar-refractivity contribution in [2.45, 2.75) is 18.6 Å². The summed E-state index contributed by atoms with van der Waals surface area (Å²) in [6.45, 7) is 2.08. The highest BCUT2D eigenvalue weighted by molar-refractivity contribution is 7.80.